The van der Waals surface area contributed by atoms with Crippen molar-refractivity contribution in [1.82, 2.24) is 10.6 Å². The summed E-state index contributed by atoms with van der Waals surface area (Å²) in [5.74, 6) is -0.680. The van der Waals surface area contributed by atoms with E-state index >= 15 is 0 Å². The van der Waals surface area contributed by atoms with E-state index in [1.165, 1.54) is 0 Å². The van der Waals surface area contributed by atoms with Crippen LogP contribution in [0.1, 0.15) is 132 Å². The van der Waals surface area contributed by atoms with E-state index in [-0.39, 0.29) is 60.9 Å². The molecular weight excluding hydrogens is 636 g/mol. The van der Waals surface area contributed by atoms with Crippen molar-refractivity contribution in [2.45, 2.75) is 174 Å². The van der Waals surface area contributed by atoms with Gasteiger partial charge >= 0.3 is 0 Å². The molecule has 10 nitrogen and oxygen atoms in total. The summed E-state index contributed by atoms with van der Waals surface area (Å²) in [6.07, 6.45) is 14.5. The monoisotopic (exact) mass is 704 g/mol. The molecule has 3 aliphatic heterocycles. The van der Waals surface area contributed by atoms with Gasteiger partial charge < -0.3 is 35.1 Å². The van der Waals surface area contributed by atoms with Crippen LogP contribution in [0.5, 0.6) is 0 Å². The minimum atomic E-state index is -1.02. The summed E-state index contributed by atoms with van der Waals surface area (Å²) >= 11 is 0. The smallest absolute Gasteiger partial charge is 0.225 e. The molecule has 0 bridgehead atoms. The summed E-state index contributed by atoms with van der Waals surface area (Å²) in [4.78, 5) is 37.6. The number of aliphatic hydroxyl groups is 2. The number of nitrogens with one attached hydrogen (secondary N) is 2. The molecular formula is C40H68N2O8. The van der Waals surface area contributed by atoms with Crippen molar-refractivity contribution in [3.8, 4) is 0 Å². The molecule has 1 spiro atoms. The first kappa shape index (κ1) is 42.3. The van der Waals surface area contributed by atoms with Crippen LogP contribution in [-0.2, 0) is 28.6 Å². The van der Waals surface area contributed by atoms with E-state index in [1.54, 1.807) is 26.0 Å². The summed E-state index contributed by atoms with van der Waals surface area (Å²) in [5.41, 5.74) is 1.01. The Bertz CT molecular complexity index is 1140. The normalized spacial score (nSPS) is 31.6. The molecule has 0 aliphatic carbocycles. The zero-order valence-corrected chi connectivity index (χ0v) is 32.0. The number of carbonyl (C=O) groups is 3. The molecule has 10 heteroatoms. The van der Waals surface area contributed by atoms with Crippen molar-refractivity contribution < 1.29 is 38.8 Å². The van der Waals surface area contributed by atoms with Crippen molar-refractivity contribution in [3.63, 3.8) is 0 Å². The highest BCUT2D eigenvalue weighted by atomic mass is 16.7. The van der Waals surface area contributed by atoms with Gasteiger partial charge in [-0.15, -0.1) is 0 Å². The second-order valence-corrected chi connectivity index (χ2v) is 15.7. The number of ketones is 1. The van der Waals surface area contributed by atoms with Gasteiger partial charge in [0.05, 0.1) is 49.0 Å². The summed E-state index contributed by atoms with van der Waals surface area (Å²) in [7, 11) is 0. The highest BCUT2D eigenvalue weighted by Crippen LogP contribution is 2.43. The lowest BCUT2D eigenvalue weighted by molar-refractivity contribution is -0.324. The Hall–Kier alpha value is -2.11. The summed E-state index contributed by atoms with van der Waals surface area (Å²) < 4.78 is 19.5. The van der Waals surface area contributed by atoms with Crippen molar-refractivity contribution in [2.75, 3.05) is 13.1 Å². The van der Waals surface area contributed by atoms with Crippen LogP contribution in [0.25, 0.3) is 0 Å². The van der Waals surface area contributed by atoms with Crippen molar-refractivity contribution in [2.24, 2.45) is 23.7 Å². The maximum absolute atomic E-state index is 12.9. The molecule has 3 aliphatic rings. The Balaban J connectivity index is 1.36. The molecule has 0 aromatic rings. The zero-order chi connectivity index (χ0) is 36.8. The molecule has 0 radical (unpaired) electrons. The lowest BCUT2D eigenvalue weighted by atomic mass is 9.85. The van der Waals surface area contributed by atoms with Gasteiger partial charge in [0, 0.05) is 32.4 Å². The van der Waals surface area contributed by atoms with Crippen LogP contribution in [0.4, 0.5) is 0 Å². The third kappa shape index (κ3) is 13.8. The number of allylic oxidation sites excluding steroid dienone is 3. The summed E-state index contributed by atoms with van der Waals surface area (Å²) in [6.45, 7) is 14.2. The van der Waals surface area contributed by atoms with Crippen molar-refractivity contribution in [1.29, 1.82) is 0 Å². The minimum absolute atomic E-state index is 0.0223. The lowest BCUT2D eigenvalue weighted by Gasteiger charge is -2.48. The molecule has 3 saturated heterocycles. The Morgan fingerprint density at radius 1 is 0.900 bits per heavy atom. The quantitative estimate of drug-likeness (QED) is 0.0782. The van der Waals surface area contributed by atoms with Crippen molar-refractivity contribution in [3.05, 3.63) is 23.8 Å². The Labute approximate surface area is 301 Å². The van der Waals surface area contributed by atoms with Gasteiger partial charge in [0.25, 0.3) is 0 Å². The molecule has 0 saturated carbocycles. The topological polar surface area (TPSA) is 143 Å². The Kier molecular flexibility index (Phi) is 17.6. The minimum Gasteiger partial charge on any atom is -0.390 e. The molecule has 2 amide bonds. The molecule has 4 N–H and O–H groups in total. The van der Waals surface area contributed by atoms with Gasteiger partial charge in [-0.1, -0.05) is 39.8 Å². The van der Waals surface area contributed by atoms with Gasteiger partial charge in [0.15, 0.2) is 11.6 Å². The molecule has 0 aromatic carbocycles. The second kappa shape index (κ2) is 20.8. The van der Waals surface area contributed by atoms with E-state index < -0.39 is 23.9 Å². The molecule has 3 rings (SSSR count). The lowest BCUT2D eigenvalue weighted by Crippen LogP contribution is -2.50. The summed E-state index contributed by atoms with van der Waals surface area (Å²) in [5, 5.41) is 26.2. The molecule has 0 unspecified atom stereocenters. The molecule has 11 atom stereocenters. The highest BCUT2D eigenvalue weighted by molar-refractivity contribution is 5.89. The van der Waals surface area contributed by atoms with E-state index in [1.807, 2.05) is 20.8 Å². The number of aliphatic hydroxyl groups excluding tert-OH is 2. The molecule has 50 heavy (non-hydrogen) atoms. The Morgan fingerprint density at radius 3 is 2.36 bits per heavy atom. The van der Waals surface area contributed by atoms with E-state index in [2.05, 4.69) is 30.6 Å². The number of hydrogen-bond donors (Lipinski definition) is 4. The number of amides is 2. The largest absolute Gasteiger partial charge is 0.390 e. The standard InChI is InChI=1S/C40H68N2O8/c1-8-11-32(44)23-34-17-15-27(3)37(48-34)24-38(46)42-25-35(45)30(6)39(47)41-21-10-13-36-28(4)18-20-40(50-36)19-9-12-33(49-40)16-14-26(2)22-29(5)31(7)43/h8,11,22,26-28,30-31,33-37,43,45H,9-10,12-21,23-25H2,1-7H3,(H,41,47)(H,42,46)/b11-8+,29-22+/t26-,27+,28-,30+,31-,33-,34-,35+,36+,37+,40-/m0/s1. The zero-order valence-electron chi connectivity index (χ0n) is 32.0. The van der Waals surface area contributed by atoms with Crippen molar-refractivity contribution >= 4 is 17.6 Å². The maximum atomic E-state index is 12.9. The van der Waals surface area contributed by atoms with Gasteiger partial charge in [-0.2, -0.15) is 0 Å². The molecule has 286 valence electrons. The van der Waals surface area contributed by atoms with E-state index in [4.69, 9.17) is 14.2 Å². The van der Waals surface area contributed by atoms with Gasteiger partial charge in [-0.25, -0.2) is 0 Å². The first-order chi connectivity index (χ1) is 23.7. The second-order valence-electron chi connectivity index (χ2n) is 15.7. The average Bonchev–Trinajstić information content (AvgIpc) is 3.07. The van der Waals surface area contributed by atoms with Crippen LogP contribution < -0.4 is 10.6 Å². The van der Waals surface area contributed by atoms with Crippen LogP contribution in [0, 0.1) is 23.7 Å². The Morgan fingerprint density at radius 2 is 1.64 bits per heavy atom. The SMILES string of the molecule is C/C=C/C(=O)C[C@@H]1CC[C@@H](C)[C@@H](CC(=O)NC[C@@H](O)[C@@H](C)C(=O)NCCC[C@H]2O[C@@]3(CCC[C@@H](CC[C@H](C)/C=C(\C)[C@H](C)O)O3)CC[C@@H]2C)O1. The van der Waals surface area contributed by atoms with Crippen LogP contribution in [-0.4, -0.2) is 83.3 Å². The van der Waals surface area contributed by atoms with Gasteiger partial charge in [0.2, 0.25) is 11.8 Å². The van der Waals surface area contributed by atoms with Gasteiger partial charge in [-0.3, -0.25) is 14.4 Å². The molecule has 3 fully saturated rings. The van der Waals surface area contributed by atoms with Crippen LogP contribution in [0.2, 0.25) is 0 Å². The summed E-state index contributed by atoms with van der Waals surface area (Å²) in [6, 6.07) is 0. The number of ether oxygens (including phenoxy) is 3. The predicted molar refractivity (Wildman–Crippen MR) is 195 cm³/mol. The van der Waals surface area contributed by atoms with E-state index in [9.17, 15) is 24.6 Å². The fourth-order valence-corrected chi connectivity index (χ4v) is 7.51. The molecule has 3 heterocycles. The predicted octanol–water partition coefficient (Wildman–Crippen LogP) is 5.93. The first-order valence-corrected chi connectivity index (χ1v) is 19.5. The average molecular weight is 705 g/mol. The maximum Gasteiger partial charge on any atom is 0.225 e. The third-order valence-corrected chi connectivity index (χ3v) is 11.2. The third-order valence-electron chi connectivity index (χ3n) is 11.2. The van der Waals surface area contributed by atoms with E-state index in [0.29, 0.717) is 24.8 Å². The van der Waals surface area contributed by atoms with Gasteiger partial charge in [-0.05, 0) is 108 Å². The number of rotatable bonds is 18. The van der Waals surface area contributed by atoms with Crippen LogP contribution in [0.15, 0.2) is 23.8 Å². The van der Waals surface area contributed by atoms with E-state index in [0.717, 1.165) is 76.2 Å². The fraction of sp³-hybridized carbons (Fsp3) is 0.825. The first-order valence-electron chi connectivity index (χ1n) is 19.5. The van der Waals surface area contributed by atoms with Gasteiger partial charge in [0.1, 0.15) is 0 Å². The molecule has 0 aromatic heterocycles. The number of hydrogen-bond acceptors (Lipinski definition) is 8. The fourth-order valence-electron chi connectivity index (χ4n) is 7.51. The van der Waals surface area contributed by atoms with Crippen LogP contribution in [0.3, 0.4) is 0 Å². The highest BCUT2D eigenvalue weighted by Gasteiger charge is 2.44. The number of carbonyl (C=O) groups excluding carboxylic acids is 3. The van der Waals surface area contributed by atoms with Crippen LogP contribution >= 0.6 is 0 Å².